The van der Waals surface area contributed by atoms with Gasteiger partial charge in [0.25, 0.3) is 0 Å². The maximum atomic E-state index is 11.8. The highest BCUT2D eigenvalue weighted by atomic mass is 16.3. The molecule has 0 fully saturated rings. The number of rotatable bonds is 4. The summed E-state index contributed by atoms with van der Waals surface area (Å²) in [5.41, 5.74) is 1.56. The van der Waals surface area contributed by atoms with E-state index in [1.807, 2.05) is 45.0 Å². The zero-order valence-electron chi connectivity index (χ0n) is 10.9. The number of amides is 1. The topological polar surface area (TPSA) is 49.3 Å². The summed E-state index contributed by atoms with van der Waals surface area (Å²) < 4.78 is 0. The van der Waals surface area contributed by atoms with Crippen LogP contribution in [0.15, 0.2) is 24.3 Å². The maximum Gasteiger partial charge on any atom is 0.224 e. The summed E-state index contributed by atoms with van der Waals surface area (Å²) in [6.45, 7) is 7.31. The molecule has 0 aliphatic carbocycles. The minimum Gasteiger partial charge on any atom is -0.391 e. The minimum atomic E-state index is -0.595. The van der Waals surface area contributed by atoms with E-state index in [0.29, 0.717) is 6.42 Å². The van der Waals surface area contributed by atoms with Crippen molar-refractivity contribution in [3.8, 4) is 0 Å². The number of aliphatic hydroxyl groups is 1. The quantitative estimate of drug-likeness (QED) is 0.836. The fourth-order valence-corrected chi connectivity index (χ4v) is 1.40. The fourth-order valence-electron chi connectivity index (χ4n) is 1.40. The monoisotopic (exact) mass is 235 g/mol. The van der Waals surface area contributed by atoms with Crippen LogP contribution >= 0.6 is 0 Å². The van der Waals surface area contributed by atoms with E-state index in [4.69, 9.17) is 0 Å². The molecule has 0 aliphatic heterocycles. The molecule has 0 radical (unpaired) electrons. The van der Waals surface area contributed by atoms with E-state index < -0.39 is 11.6 Å². The molecule has 1 aromatic carbocycles. The van der Waals surface area contributed by atoms with Crippen molar-refractivity contribution in [2.24, 2.45) is 0 Å². The Morgan fingerprint density at radius 3 is 2.35 bits per heavy atom. The van der Waals surface area contributed by atoms with Crippen LogP contribution in [0.5, 0.6) is 0 Å². The van der Waals surface area contributed by atoms with Crippen molar-refractivity contribution in [2.45, 2.75) is 45.8 Å². The van der Waals surface area contributed by atoms with E-state index in [0.717, 1.165) is 5.56 Å². The summed E-state index contributed by atoms with van der Waals surface area (Å²) in [4.78, 5) is 11.8. The van der Waals surface area contributed by atoms with Crippen LogP contribution in [0.4, 0.5) is 0 Å². The van der Waals surface area contributed by atoms with Crippen LogP contribution in [-0.4, -0.2) is 22.7 Å². The zero-order chi connectivity index (χ0) is 13.1. The molecule has 17 heavy (non-hydrogen) atoms. The first-order valence-corrected chi connectivity index (χ1v) is 5.86. The molecule has 1 amide bonds. The molecule has 3 heteroatoms. The van der Waals surface area contributed by atoms with Crippen LogP contribution < -0.4 is 5.32 Å². The molecule has 0 aromatic heterocycles. The van der Waals surface area contributed by atoms with Crippen molar-refractivity contribution in [1.29, 1.82) is 0 Å². The number of aryl methyl sites for hydroxylation is 1. The van der Waals surface area contributed by atoms with Crippen LogP contribution in [-0.2, 0) is 11.2 Å². The summed E-state index contributed by atoms with van der Waals surface area (Å²) in [7, 11) is 0. The molecule has 1 unspecified atom stereocenters. The first-order chi connectivity index (χ1) is 7.81. The Bertz CT molecular complexity index is 380. The Morgan fingerprint density at radius 1 is 1.35 bits per heavy atom. The number of carbonyl (C=O) groups excluding carboxylic acids is 1. The van der Waals surface area contributed by atoms with Gasteiger partial charge in [0, 0.05) is 0 Å². The summed E-state index contributed by atoms with van der Waals surface area (Å²) in [6.07, 6.45) is -0.236. The lowest BCUT2D eigenvalue weighted by atomic mass is 9.98. The molecular formula is C14H21NO2. The Hall–Kier alpha value is -1.35. The lowest BCUT2D eigenvalue weighted by Crippen LogP contribution is -2.51. The molecule has 0 saturated heterocycles. The molecule has 2 N–H and O–H groups in total. The highest BCUT2D eigenvalue weighted by Crippen LogP contribution is 2.09. The molecule has 94 valence electrons. The second kappa shape index (κ2) is 5.32. The van der Waals surface area contributed by atoms with Crippen LogP contribution in [0.1, 0.15) is 31.9 Å². The van der Waals surface area contributed by atoms with Crippen molar-refractivity contribution in [1.82, 2.24) is 5.32 Å². The highest BCUT2D eigenvalue weighted by Gasteiger charge is 2.25. The third-order valence-electron chi connectivity index (χ3n) is 2.99. The van der Waals surface area contributed by atoms with Crippen molar-refractivity contribution >= 4 is 5.91 Å². The standard InChI is InChI=1S/C14H21NO2/c1-10-5-7-12(8-6-10)9-13(17)15-14(3,4)11(2)16/h5-8,11,16H,9H2,1-4H3,(H,15,17). The van der Waals surface area contributed by atoms with Crippen molar-refractivity contribution in [2.75, 3.05) is 0 Å². The summed E-state index contributed by atoms with van der Waals surface area (Å²) >= 11 is 0. The van der Waals surface area contributed by atoms with E-state index >= 15 is 0 Å². The molecule has 1 atom stereocenters. The average molecular weight is 235 g/mol. The fraction of sp³-hybridized carbons (Fsp3) is 0.500. The van der Waals surface area contributed by atoms with Gasteiger partial charge in [-0.15, -0.1) is 0 Å². The Morgan fingerprint density at radius 2 is 1.88 bits per heavy atom. The second-order valence-electron chi connectivity index (χ2n) is 5.11. The van der Waals surface area contributed by atoms with Gasteiger partial charge in [0.15, 0.2) is 0 Å². The Kier molecular flexibility index (Phi) is 4.29. The number of hydrogen-bond donors (Lipinski definition) is 2. The smallest absolute Gasteiger partial charge is 0.224 e. The molecule has 0 saturated carbocycles. The first kappa shape index (κ1) is 13.7. The van der Waals surface area contributed by atoms with E-state index in [1.54, 1.807) is 6.92 Å². The van der Waals surface area contributed by atoms with Gasteiger partial charge in [0.05, 0.1) is 18.1 Å². The van der Waals surface area contributed by atoms with Crippen molar-refractivity contribution < 1.29 is 9.90 Å². The molecule has 0 aliphatic rings. The first-order valence-electron chi connectivity index (χ1n) is 5.86. The lowest BCUT2D eigenvalue weighted by molar-refractivity contribution is -0.123. The second-order valence-corrected chi connectivity index (χ2v) is 5.11. The molecule has 1 rings (SSSR count). The van der Waals surface area contributed by atoms with Gasteiger partial charge in [0.2, 0.25) is 5.91 Å². The third kappa shape index (κ3) is 4.19. The van der Waals surface area contributed by atoms with Gasteiger partial charge in [-0.05, 0) is 33.3 Å². The summed E-state index contributed by atoms with van der Waals surface area (Å²) in [6, 6.07) is 7.87. The van der Waals surface area contributed by atoms with Gasteiger partial charge < -0.3 is 10.4 Å². The van der Waals surface area contributed by atoms with Gasteiger partial charge in [-0.2, -0.15) is 0 Å². The van der Waals surface area contributed by atoms with E-state index in [9.17, 15) is 9.90 Å². The average Bonchev–Trinajstić information content (AvgIpc) is 2.20. The van der Waals surface area contributed by atoms with Crippen LogP contribution in [0.3, 0.4) is 0 Å². The Balaban J connectivity index is 2.59. The SMILES string of the molecule is Cc1ccc(CC(=O)NC(C)(C)C(C)O)cc1. The highest BCUT2D eigenvalue weighted by molar-refractivity contribution is 5.79. The molecule has 0 bridgehead atoms. The lowest BCUT2D eigenvalue weighted by Gasteiger charge is -2.29. The van der Waals surface area contributed by atoms with E-state index in [1.165, 1.54) is 5.56 Å². The van der Waals surface area contributed by atoms with Gasteiger partial charge in [-0.25, -0.2) is 0 Å². The third-order valence-corrected chi connectivity index (χ3v) is 2.99. The Labute approximate surface area is 103 Å². The van der Waals surface area contributed by atoms with Crippen molar-refractivity contribution in [3.05, 3.63) is 35.4 Å². The molecule has 0 heterocycles. The number of nitrogens with one attached hydrogen (secondary N) is 1. The van der Waals surface area contributed by atoms with Crippen molar-refractivity contribution in [3.63, 3.8) is 0 Å². The van der Waals surface area contributed by atoms with E-state index in [2.05, 4.69) is 5.32 Å². The largest absolute Gasteiger partial charge is 0.391 e. The van der Waals surface area contributed by atoms with Gasteiger partial charge in [-0.1, -0.05) is 29.8 Å². The molecular weight excluding hydrogens is 214 g/mol. The zero-order valence-corrected chi connectivity index (χ0v) is 10.9. The normalized spacial score (nSPS) is 13.2. The predicted octanol–water partition coefficient (Wildman–Crippen LogP) is 1.81. The molecule has 3 nitrogen and oxygen atoms in total. The van der Waals surface area contributed by atoms with Gasteiger partial charge in [-0.3, -0.25) is 4.79 Å². The predicted molar refractivity (Wildman–Crippen MR) is 68.8 cm³/mol. The van der Waals surface area contributed by atoms with Gasteiger partial charge in [0.1, 0.15) is 0 Å². The number of carbonyl (C=O) groups is 1. The van der Waals surface area contributed by atoms with Crippen LogP contribution in [0.2, 0.25) is 0 Å². The number of benzene rings is 1. The molecule has 1 aromatic rings. The summed E-state index contributed by atoms with van der Waals surface area (Å²) in [5, 5.41) is 12.3. The number of aliphatic hydroxyl groups excluding tert-OH is 1. The van der Waals surface area contributed by atoms with Crippen LogP contribution in [0.25, 0.3) is 0 Å². The van der Waals surface area contributed by atoms with Crippen LogP contribution in [0, 0.1) is 6.92 Å². The minimum absolute atomic E-state index is 0.0697. The summed E-state index contributed by atoms with van der Waals surface area (Å²) in [5.74, 6) is -0.0697. The molecule has 0 spiro atoms. The van der Waals surface area contributed by atoms with Gasteiger partial charge >= 0.3 is 0 Å². The van der Waals surface area contributed by atoms with E-state index in [-0.39, 0.29) is 5.91 Å². The number of hydrogen-bond acceptors (Lipinski definition) is 2. The maximum absolute atomic E-state index is 11.8.